The Hall–Kier alpha value is -3.07. The molecule has 3 rings (SSSR count). The molecule has 0 heterocycles. The van der Waals surface area contributed by atoms with Gasteiger partial charge in [0, 0.05) is 23.0 Å². The van der Waals surface area contributed by atoms with Gasteiger partial charge in [-0.2, -0.15) is 0 Å². The summed E-state index contributed by atoms with van der Waals surface area (Å²) >= 11 is 6.09. The van der Waals surface area contributed by atoms with Crippen LogP contribution in [0.15, 0.2) is 41.4 Å². The van der Waals surface area contributed by atoms with Gasteiger partial charge in [0.1, 0.15) is 5.82 Å². The number of guanidine groups is 1. The molecule has 1 saturated carbocycles. The Morgan fingerprint density at radius 1 is 1.06 bits per heavy atom. The van der Waals surface area contributed by atoms with Crippen LogP contribution in [0.4, 0.5) is 13.2 Å². The zero-order chi connectivity index (χ0) is 25.4. The van der Waals surface area contributed by atoms with Gasteiger partial charge < -0.3 is 10.1 Å². The lowest BCUT2D eigenvalue weighted by atomic mass is 9.84. The van der Waals surface area contributed by atoms with Crippen LogP contribution in [0.3, 0.4) is 0 Å². The first kappa shape index (κ1) is 26.5. The number of nitrogens with one attached hydrogen (secondary N) is 2. The lowest BCUT2D eigenvalue weighted by Gasteiger charge is -2.29. The average molecular weight is 510 g/mol. The second-order valence-corrected chi connectivity index (χ2v) is 8.76. The lowest BCUT2D eigenvalue weighted by Crippen LogP contribution is -2.47. The number of ether oxygens (including phenoxy) is 1. The van der Waals surface area contributed by atoms with Gasteiger partial charge in [-0.1, -0.05) is 17.7 Å². The molecule has 0 atom stereocenters. The normalized spacial score (nSPS) is 18.1. The summed E-state index contributed by atoms with van der Waals surface area (Å²) in [5.74, 6) is -3.19. The monoisotopic (exact) mass is 509 g/mol. The Morgan fingerprint density at radius 3 is 2.46 bits per heavy atom. The second-order valence-electron chi connectivity index (χ2n) is 8.35. The van der Waals surface area contributed by atoms with E-state index in [9.17, 15) is 22.8 Å². The molecule has 0 bridgehead atoms. The topological polar surface area (TPSA) is 79.8 Å². The van der Waals surface area contributed by atoms with E-state index >= 15 is 0 Å². The summed E-state index contributed by atoms with van der Waals surface area (Å²) in [5.41, 5.74) is 0.476. The highest BCUT2D eigenvalue weighted by atomic mass is 35.5. The summed E-state index contributed by atoms with van der Waals surface area (Å²) in [4.78, 5) is 28.8. The van der Waals surface area contributed by atoms with Crippen molar-refractivity contribution < 1.29 is 27.5 Å². The molecule has 0 saturated heterocycles. The predicted octanol–water partition coefficient (Wildman–Crippen LogP) is 5.14. The third-order valence-electron chi connectivity index (χ3n) is 5.78. The SMILES string of the molecule is CCOC(=O)CC1CCC(NC(=NCc2ccc(F)cc2Cl)NC(=O)c2ccc(F)c(F)c2)CC1. The molecule has 35 heavy (non-hydrogen) atoms. The van der Waals surface area contributed by atoms with Crippen LogP contribution in [-0.2, 0) is 16.1 Å². The number of nitrogens with zero attached hydrogens (tertiary/aromatic N) is 1. The summed E-state index contributed by atoms with van der Waals surface area (Å²) in [6.07, 6.45) is 3.44. The van der Waals surface area contributed by atoms with E-state index in [0.29, 0.717) is 18.6 Å². The standard InChI is InChI=1S/C25H27ClF3N3O3/c1-2-35-23(33)11-15-3-8-19(9-4-15)31-25(30-14-17-5-7-18(27)13-20(17)26)32-24(34)16-6-10-21(28)22(29)12-16/h5-7,10,12-13,15,19H,2-4,8-9,11,14H2,1H3,(H2,30,31,32,34). The molecule has 0 aliphatic heterocycles. The number of hydrogen-bond donors (Lipinski definition) is 2. The fourth-order valence-corrected chi connectivity index (χ4v) is 4.14. The van der Waals surface area contributed by atoms with Crippen LogP contribution < -0.4 is 10.6 Å². The quantitative estimate of drug-likeness (QED) is 0.307. The Kier molecular flexibility index (Phi) is 9.54. The van der Waals surface area contributed by atoms with E-state index in [1.165, 1.54) is 24.3 Å². The van der Waals surface area contributed by atoms with Gasteiger partial charge in [0.25, 0.3) is 5.91 Å². The highest BCUT2D eigenvalue weighted by Crippen LogP contribution is 2.27. The number of amides is 1. The smallest absolute Gasteiger partial charge is 0.306 e. The molecule has 1 amide bonds. The Balaban J connectivity index is 1.69. The molecule has 0 radical (unpaired) electrons. The average Bonchev–Trinajstić information content (AvgIpc) is 2.81. The lowest BCUT2D eigenvalue weighted by molar-refractivity contribution is -0.144. The first-order valence-electron chi connectivity index (χ1n) is 11.4. The Labute approximate surface area is 206 Å². The van der Waals surface area contributed by atoms with Crippen molar-refractivity contribution in [2.24, 2.45) is 10.9 Å². The first-order valence-corrected chi connectivity index (χ1v) is 11.8. The van der Waals surface area contributed by atoms with E-state index in [0.717, 1.165) is 37.8 Å². The van der Waals surface area contributed by atoms with Crippen LogP contribution in [0.5, 0.6) is 0 Å². The van der Waals surface area contributed by atoms with Crippen molar-refractivity contribution in [1.29, 1.82) is 0 Å². The molecule has 10 heteroatoms. The molecule has 188 valence electrons. The van der Waals surface area contributed by atoms with E-state index in [-0.39, 0.29) is 41.0 Å². The number of aliphatic imine (C=N–C) groups is 1. The van der Waals surface area contributed by atoms with Gasteiger partial charge in [-0.05, 0) is 74.4 Å². The minimum absolute atomic E-state index is 0.0267. The molecule has 2 aromatic rings. The van der Waals surface area contributed by atoms with Crippen LogP contribution >= 0.6 is 11.6 Å². The number of hydrogen-bond acceptors (Lipinski definition) is 4. The zero-order valence-electron chi connectivity index (χ0n) is 19.3. The molecule has 6 nitrogen and oxygen atoms in total. The minimum atomic E-state index is -1.14. The molecular weight excluding hydrogens is 483 g/mol. The summed E-state index contributed by atoms with van der Waals surface area (Å²) in [5, 5.41) is 6.00. The zero-order valence-corrected chi connectivity index (χ0v) is 20.0. The van der Waals surface area contributed by atoms with E-state index in [1.807, 2.05) is 0 Å². The molecule has 1 aliphatic rings. The number of carbonyl (C=O) groups excluding carboxylic acids is 2. The van der Waals surface area contributed by atoms with E-state index in [2.05, 4.69) is 15.6 Å². The first-order chi connectivity index (χ1) is 16.7. The molecule has 0 spiro atoms. The third-order valence-corrected chi connectivity index (χ3v) is 6.14. The molecular formula is C25H27ClF3N3O3. The number of esters is 1. The number of benzene rings is 2. The van der Waals surface area contributed by atoms with Gasteiger partial charge in [-0.3, -0.25) is 14.9 Å². The molecule has 2 N–H and O–H groups in total. The highest BCUT2D eigenvalue weighted by Gasteiger charge is 2.25. The van der Waals surface area contributed by atoms with Crippen molar-refractivity contribution in [3.8, 4) is 0 Å². The van der Waals surface area contributed by atoms with Gasteiger partial charge in [-0.25, -0.2) is 18.2 Å². The van der Waals surface area contributed by atoms with Crippen molar-refractivity contribution in [3.63, 3.8) is 0 Å². The molecule has 0 unspecified atom stereocenters. The highest BCUT2D eigenvalue weighted by molar-refractivity contribution is 6.31. The van der Waals surface area contributed by atoms with Crippen LogP contribution in [-0.4, -0.2) is 30.5 Å². The number of carbonyl (C=O) groups is 2. The summed E-state index contributed by atoms with van der Waals surface area (Å²) < 4.78 is 45.2. The Morgan fingerprint density at radius 2 is 1.80 bits per heavy atom. The second kappa shape index (κ2) is 12.6. The maximum Gasteiger partial charge on any atom is 0.306 e. The van der Waals surface area contributed by atoms with Crippen molar-refractivity contribution in [2.45, 2.75) is 51.6 Å². The van der Waals surface area contributed by atoms with Gasteiger partial charge in [0.15, 0.2) is 17.6 Å². The van der Waals surface area contributed by atoms with E-state index < -0.39 is 23.4 Å². The molecule has 2 aromatic carbocycles. The van der Waals surface area contributed by atoms with E-state index in [4.69, 9.17) is 16.3 Å². The molecule has 0 aromatic heterocycles. The van der Waals surface area contributed by atoms with Gasteiger partial charge in [0.05, 0.1) is 13.2 Å². The van der Waals surface area contributed by atoms with E-state index in [1.54, 1.807) is 6.92 Å². The Bertz CT molecular complexity index is 1090. The fraction of sp³-hybridized carbons (Fsp3) is 0.400. The molecule has 1 fully saturated rings. The van der Waals surface area contributed by atoms with Crippen LogP contribution in [0, 0.1) is 23.4 Å². The van der Waals surface area contributed by atoms with Crippen molar-refractivity contribution >= 4 is 29.4 Å². The maximum atomic E-state index is 13.6. The van der Waals surface area contributed by atoms with Crippen molar-refractivity contribution in [2.75, 3.05) is 6.61 Å². The van der Waals surface area contributed by atoms with Crippen LogP contribution in [0.1, 0.15) is 54.9 Å². The van der Waals surface area contributed by atoms with Crippen molar-refractivity contribution in [1.82, 2.24) is 10.6 Å². The minimum Gasteiger partial charge on any atom is -0.466 e. The fourth-order valence-electron chi connectivity index (χ4n) is 3.91. The van der Waals surface area contributed by atoms with Gasteiger partial charge in [-0.15, -0.1) is 0 Å². The summed E-state index contributed by atoms with van der Waals surface area (Å²) in [7, 11) is 0. The van der Waals surface area contributed by atoms with Crippen molar-refractivity contribution in [3.05, 3.63) is 70.0 Å². The third kappa shape index (κ3) is 7.99. The van der Waals surface area contributed by atoms with Gasteiger partial charge >= 0.3 is 5.97 Å². The molecule has 1 aliphatic carbocycles. The summed E-state index contributed by atoms with van der Waals surface area (Å²) in [6, 6.07) is 6.75. The van der Waals surface area contributed by atoms with Crippen LogP contribution in [0.25, 0.3) is 0 Å². The largest absolute Gasteiger partial charge is 0.466 e. The maximum absolute atomic E-state index is 13.6. The van der Waals surface area contributed by atoms with Crippen LogP contribution in [0.2, 0.25) is 5.02 Å². The number of rotatable bonds is 7. The summed E-state index contributed by atoms with van der Waals surface area (Å²) in [6.45, 7) is 2.18. The number of halogens is 4. The predicted molar refractivity (Wildman–Crippen MR) is 127 cm³/mol. The van der Waals surface area contributed by atoms with Gasteiger partial charge in [0.2, 0.25) is 0 Å².